The van der Waals surface area contributed by atoms with Crippen LogP contribution in [-0.2, 0) is 4.79 Å². The fourth-order valence-electron chi connectivity index (χ4n) is 2.18. The van der Waals surface area contributed by atoms with E-state index in [1.807, 2.05) is 6.20 Å². The summed E-state index contributed by atoms with van der Waals surface area (Å²) in [6.07, 6.45) is 4.35. The minimum Gasteiger partial charge on any atom is -0.298 e. The molecule has 88 valence electrons. The molecule has 0 bridgehead atoms. The van der Waals surface area contributed by atoms with Crippen molar-refractivity contribution in [2.75, 3.05) is 0 Å². The SMILES string of the molecule is CC(=O)C(n1cc(C2CC2)nn1)C(C)(C)C. The Bertz CT molecular complexity index is 399. The summed E-state index contributed by atoms with van der Waals surface area (Å²) in [5.41, 5.74) is 0.913. The van der Waals surface area contributed by atoms with Crippen LogP contribution in [0.25, 0.3) is 0 Å². The molecule has 1 fully saturated rings. The third kappa shape index (κ3) is 2.15. The lowest BCUT2D eigenvalue weighted by atomic mass is 9.84. The van der Waals surface area contributed by atoms with Gasteiger partial charge in [-0.15, -0.1) is 5.10 Å². The molecule has 0 saturated heterocycles. The Hall–Kier alpha value is -1.19. The molecule has 4 nitrogen and oxygen atoms in total. The van der Waals surface area contributed by atoms with Crippen LogP contribution >= 0.6 is 0 Å². The average Bonchev–Trinajstić information content (AvgIpc) is 2.85. The van der Waals surface area contributed by atoms with Crippen LogP contribution in [0, 0.1) is 5.41 Å². The van der Waals surface area contributed by atoms with Gasteiger partial charge in [-0.3, -0.25) is 4.79 Å². The van der Waals surface area contributed by atoms with Crippen LogP contribution in [0.2, 0.25) is 0 Å². The summed E-state index contributed by atoms with van der Waals surface area (Å²) in [6.45, 7) is 7.78. The number of rotatable bonds is 3. The topological polar surface area (TPSA) is 47.8 Å². The molecule has 1 saturated carbocycles. The summed E-state index contributed by atoms with van der Waals surface area (Å²) in [6, 6.07) is -0.215. The highest BCUT2D eigenvalue weighted by Crippen LogP contribution is 2.39. The molecular weight excluding hydrogens is 202 g/mol. The maximum absolute atomic E-state index is 11.7. The lowest BCUT2D eigenvalue weighted by Crippen LogP contribution is -2.30. The zero-order valence-electron chi connectivity index (χ0n) is 10.4. The number of carbonyl (C=O) groups excluding carboxylic acids is 1. The van der Waals surface area contributed by atoms with Gasteiger partial charge in [-0.05, 0) is 25.2 Å². The molecule has 4 heteroatoms. The number of carbonyl (C=O) groups is 1. The highest BCUT2D eigenvalue weighted by molar-refractivity contribution is 5.80. The van der Waals surface area contributed by atoms with Crippen molar-refractivity contribution in [1.82, 2.24) is 15.0 Å². The third-order valence-electron chi connectivity index (χ3n) is 2.99. The predicted octanol–water partition coefficient (Wildman–Crippen LogP) is 2.33. The van der Waals surface area contributed by atoms with Crippen molar-refractivity contribution in [2.45, 2.75) is 52.5 Å². The van der Waals surface area contributed by atoms with E-state index in [9.17, 15) is 4.79 Å². The molecule has 1 aliphatic carbocycles. The second kappa shape index (κ2) is 3.68. The number of ketones is 1. The van der Waals surface area contributed by atoms with Gasteiger partial charge in [0.05, 0.1) is 5.69 Å². The normalized spacial score (nSPS) is 18.5. The van der Waals surface area contributed by atoms with Crippen molar-refractivity contribution in [3.63, 3.8) is 0 Å². The zero-order chi connectivity index (χ0) is 11.9. The average molecular weight is 221 g/mol. The van der Waals surface area contributed by atoms with Crippen LogP contribution in [0.1, 0.15) is 58.2 Å². The van der Waals surface area contributed by atoms with Crippen LogP contribution in [0.5, 0.6) is 0 Å². The number of nitrogens with zero attached hydrogens (tertiary/aromatic N) is 3. The van der Waals surface area contributed by atoms with Gasteiger partial charge in [-0.1, -0.05) is 26.0 Å². The van der Waals surface area contributed by atoms with Crippen LogP contribution in [-0.4, -0.2) is 20.8 Å². The van der Waals surface area contributed by atoms with Gasteiger partial charge >= 0.3 is 0 Å². The van der Waals surface area contributed by atoms with E-state index >= 15 is 0 Å². The van der Waals surface area contributed by atoms with Gasteiger partial charge in [0.25, 0.3) is 0 Å². The molecule has 0 aliphatic heterocycles. The van der Waals surface area contributed by atoms with Crippen LogP contribution < -0.4 is 0 Å². The summed E-state index contributed by atoms with van der Waals surface area (Å²) >= 11 is 0. The zero-order valence-corrected chi connectivity index (χ0v) is 10.4. The van der Waals surface area contributed by atoms with Crippen molar-refractivity contribution < 1.29 is 4.79 Å². The first-order valence-electron chi connectivity index (χ1n) is 5.82. The molecule has 0 spiro atoms. The number of hydrogen-bond donors (Lipinski definition) is 0. The number of hydrogen-bond acceptors (Lipinski definition) is 3. The van der Waals surface area contributed by atoms with Gasteiger partial charge in [0, 0.05) is 12.1 Å². The van der Waals surface area contributed by atoms with Gasteiger partial charge in [0.1, 0.15) is 6.04 Å². The lowest BCUT2D eigenvalue weighted by molar-refractivity contribution is -0.123. The van der Waals surface area contributed by atoms with E-state index in [0.717, 1.165) is 5.69 Å². The molecule has 1 aromatic rings. The minimum atomic E-state index is -0.215. The molecule has 1 unspecified atom stereocenters. The Kier molecular flexibility index (Phi) is 2.60. The van der Waals surface area contributed by atoms with Gasteiger partial charge in [0.2, 0.25) is 0 Å². The van der Waals surface area contributed by atoms with E-state index in [2.05, 4.69) is 31.1 Å². The maximum Gasteiger partial charge on any atom is 0.154 e. The highest BCUT2D eigenvalue weighted by Gasteiger charge is 2.33. The Morgan fingerprint density at radius 1 is 1.50 bits per heavy atom. The summed E-state index contributed by atoms with van der Waals surface area (Å²) in [4.78, 5) is 11.7. The van der Waals surface area contributed by atoms with Crippen molar-refractivity contribution in [3.05, 3.63) is 11.9 Å². The quantitative estimate of drug-likeness (QED) is 0.787. The summed E-state index contributed by atoms with van der Waals surface area (Å²) in [7, 11) is 0. The number of aromatic nitrogens is 3. The molecule has 1 aliphatic rings. The molecular formula is C12H19N3O. The molecule has 0 radical (unpaired) electrons. The van der Waals surface area contributed by atoms with Gasteiger partial charge in [-0.2, -0.15) is 0 Å². The molecule has 2 rings (SSSR count). The van der Waals surface area contributed by atoms with Crippen LogP contribution in [0.4, 0.5) is 0 Å². The van der Waals surface area contributed by atoms with Gasteiger partial charge in [0.15, 0.2) is 5.78 Å². The van der Waals surface area contributed by atoms with Crippen molar-refractivity contribution in [3.8, 4) is 0 Å². The Morgan fingerprint density at radius 2 is 2.12 bits per heavy atom. The summed E-state index contributed by atoms with van der Waals surface area (Å²) < 4.78 is 1.73. The lowest BCUT2D eigenvalue weighted by Gasteiger charge is -2.28. The molecule has 0 N–H and O–H groups in total. The molecule has 16 heavy (non-hydrogen) atoms. The summed E-state index contributed by atoms with van der Waals surface area (Å²) in [5, 5.41) is 8.27. The van der Waals surface area contributed by atoms with Gasteiger partial charge < -0.3 is 0 Å². The van der Waals surface area contributed by atoms with Crippen LogP contribution in [0.3, 0.4) is 0 Å². The maximum atomic E-state index is 11.7. The molecule has 1 heterocycles. The second-order valence-corrected chi connectivity index (χ2v) is 5.78. The molecule has 1 atom stereocenters. The minimum absolute atomic E-state index is 0.125. The smallest absolute Gasteiger partial charge is 0.154 e. The standard InChI is InChI=1S/C12H19N3O/c1-8(16)11(12(2,3)4)15-7-10(13-14-15)9-5-6-9/h7,9,11H,5-6H2,1-4H3. The van der Waals surface area contributed by atoms with E-state index in [-0.39, 0.29) is 17.2 Å². The Morgan fingerprint density at radius 3 is 2.56 bits per heavy atom. The Labute approximate surface area is 96.0 Å². The first-order valence-corrected chi connectivity index (χ1v) is 5.82. The first kappa shape index (κ1) is 11.3. The van der Waals surface area contributed by atoms with E-state index in [4.69, 9.17) is 0 Å². The first-order chi connectivity index (χ1) is 7.39. The largest absolute Gasteiger partial charge is 0.298 e. The fourth-order valence-corrected chi connectivity index (χ4v) is 2.18. The predicted molar refractivity (Wildman–Crippen MR) is 61.2 cm³/mol. The van der Waals surface area contributed by atoms with Crippen molar-refractivity contribution in [2.24, 2.45) is 5.41 Å². The Balaban J connectivity index is 2.27. The van der Waals surface area contributed by atoms with Crippen molar-refractivity contribution >= 4 is 5.78 Å². The van der Waals surface area contributed by atoms with E-state index < -0.39 is 0 Å². The van der Waals surface area contributed by atoms with Crippen molar-refractivity contribution in [1.29, 1.82) is 0 Å². The van der Waals surface area contributed by atoms with Gasteiger partial charge in [-0.25, -0.2) is 4.68 Å². The monoisotopic (exact) mass is 221 g/mol. The molecule has 0 aromatic carbocycles. The van der Waals surface area contributed by atoms with E-state index in [0.29, 0.717) is 5.92 Å². The highest BCUT2D eigenvalue weighted by atomic mass is 16.1. The van der Waals surface area contributed by atoms with E-state index in [1.54, 1.807) is 11.6 Å². The molecule has 1 aromatic heterocycles. The summed E-state index contributed by atoms with van der Waals surface area (Å²) in [5.74, 6) is 0.723. The fraction of sp³-hybridized carbons (Fsp3) is 0.750. The number of Topliss-reactive ketones (excluding diaryl/α,β-unsaturated/α-hetero) is 1. The van der Waals surface area contributed by atoms with E-state index in [1.165, 1.54) is 12.8 Å². The second-order valence-electron chi connectivity index (χ2n) is 5.78. The van der Waals surface area contributed by atoms with Crippen LogP contribution in [0.15, 0.2) is 6.20 Å². The third-order valence-corrected chi connectivity index (χ3v) is 2.99. The molecule has 0 amide bonds.